The van der Waals surface area contributed by atoms with Gasteiger partial charge in [0.25, 0.3) is 5.95 Å². The lowest BCUT2D eigenvalue weighted by atomic mass is 10.3. The third-order valence-electron chi connectivity index (χ3n) is 3.43. The van der Waals surface area contributed by atoms with Gasteiger partial charge in [-0.2, -0.15) is 4.68 Å². The molecule has 0 atom stereocenters. The van der Waals surface area contributed by atoms with Gasteiger partial charge in [-0.25, -0.2) is 4.98 Å². The summed E-state index contributed by atoms with van der Waals surface area (Å²) >= 11 is 0. The van der Waals surface area contributed by atoms with Gasteiger partial charge in [0.15, 0.2) is 0 Å². The van der Waals surface area contributed by atoms with Crippen molar-refractivity contribution >= 4 is 17.3 Å². The maximum absolute atomic E-state index is 5.54. The summed E-state index contributed by atoms with van der Waals surface area (Å²) in [6.07, 6.45) is 3.23. The Morgan fingerprint density at radius 3 is 2.04 bits per heavy atom. The SMILES string of the molecule is CCOc1ccccc1N=Nc1nccn1N=Nc1ccccc1OCC. The van der Waals surface area contributed by atoms with Crippen LogP contribution in [0.25, 0.3) is 0 Å². The first-order valence-electron chi connectivity index (χ1n) is 8.62. The second-order valence-electron chi connectivity index (χ2n) is 5.26. The van der Waals surface area contributed by atoms with Gasteiger partial charge < -0.3 is 9.47 Å². The molecule has 0 bridgehead atoms. The van der Waals surface area contributed by atoms with E-state index in [0.717, 1.165) is 0 Å². The first-order valence-corrected chi connectivity index (χ1v) is 8.62. The zero-order valence-electron chi connectivity index (χ0n) is 15.2. The van der Waals surface area contributed by atoms with E-state index < -0.39 is 0 Å². The Kier molecular flexibility index (Phi) is 6.24. The minimum atomic E-state index is 0.305. The molecule has 3 aromatic rings. The summed E-state index contributed by atoms with van der Waals surface area (Å²) < 4.78 is 12.5. The highest BCUT2D eigenvalue weighted by molar-refractivity contribution is 5.51. The van der Waals surface area contributed by atoms with E-state index in [1.165, 1.54) is 4.68 Å². The molecule has 0 radical (unpaired) electrons. The van der Waals surface area contributed by atoms with Crippen molar-refractivity contribution in [1.82, 2.24) is 9.66 Å². The van der Waals surface area contributed by atoms with Crippen LogP contribution in [0.15, 0.2) is 81.5 Å². The third-order valence-corrected chi connectivity index (χ3v) is 3.43. The predicted molar refractivity (Wildman–Crippen MR) is 102 cm³/mol. The van der Waals surface area contributed by atoms with Crippen LogP contribution in [0.5, 0.6) is 11.5 Å². The van der Waals surface area contributed by atoms with Crippen molar-refractivity contribution in [2.45, 2.75) is 13.8 Å². The number of para-hydroxylation sites is 2. The summed E-state index contributed by atoms with van der Waals surface area (Å²) in [6.45, 7) is 4.94. The van der Waals surface area contributed by atoms with E-state index in [4.69, 9.17) is 9.47 Å². The molecule has 0 fully saturated rings. The van der Waals surface area contributed by atoms with Gasteiger partial charge in [-0.3, -0.25) is 0 Å². The number of aromatic nitrogens is 2. The van der Waals surface area contributed by atoms with E-state index in [2.05, 4.69) is 25.5 Å². The van der Waals surface area contributed by atoms with E-state index in [1.807, 2.05) is 62.4 Å². The Bertz CT molecular complexity index is 861. The topological polar surface area (TPSA) is 85.7 Å². The summed E-state index contributed by atoms with van der Waals surface area (Å²) in [7, 11) is 0. The standard InChI is InChI=1S/C19H20N6O2/c1-3-26-17-11-7-5-9-15(17)21-23-19-20-13-14-25(19)24-22-16-10-6-8-12-18(16)27-4-2/h5-14H,3-4H2,1-2H3. The van der Waals surface area contributed by atoms with E-state index in [9.17, 15) is 0 Å². The van der Waals surface area contributed by atoms with Crippen molar-refractivity contribution in [3.63, 3.8) is 0 Å². The van der Waals surface area contributed by atoms with Gasteiger partial charge in [-0.05, 0) is 38.1 Å². The average Bonchev–Trinajstić information content (AvgIpc) is 3.14. The Labute approximate surface area is 157 Å². The summed E-state index contributed by atoms with van der Waals surface area (Å²) in [4.78, 5) is 4.15. The second-order valence-corrected chi connectivity index (χ2v) is 5.26. The molecule has 0 amide bonds. The fourth-order valence-electron chi connectivity index (χ4n) is 2.26. The van der Waals surface area contributed by atoms with Crippen LogP contribution in [0.3, 0.4) is 0 Å². The van der Waals surface area contributed by atoms with Gasteiger partial charge in [0.05, 0.1) is 19.4 Å². The van der Waals surface area contributed by atoms with E-state index >= 15 is 0 Å². The molecule has 27 heavy (non-hydrogen) atoms. The molecule has 8 nitrogen and oxygen atoms in total. The molecule has 1 aromatic heterocycles. The van der Waals surface area contributed by atoms with Crippen LogP contribution in [0.2, 0.25) is 0 Å². The number of imidazole rings is 1. The van der Waals surface area contributed by atoms with Gasteiger partial charge in [0, 0.05) is 6.20 Å². The van der Waals surface area contributed by atoms with Crippen molar-refractivity contribution in [2.24, 2.45) is 20.6 Å². The van der Waals surface area contributed by atoms with E-state index in [-0.39, 0.29) is 0 Å². The molecule has 0 spiro atoms. The lowest BCUT2D eigenvalue weighted by molar-refractivity contribution is 0.341. The third kappa shape index (κ3) is 4.75. The van der Waals surface area contributed by atoms with Gasteiger partial charge >= 0.3 is 0 Å². The number of benzene rings is 2. The fourth-order valence-corrected chi connectivity index (χ4v) is 2.26. The summed E-state index contributed by atoms with van der Waals surface area (Å²) in [5.74, 6) is 1.63. The molecule has 3 rings (SSSR count). The van der Waals surface area contributed by atoms with Gasteiger partial charge in [0.1, 0.15) is 22.9 Å². The highest BCUT2D eigenvalue weighted by Gasteiger charge is 2.05. The second kappa shape index (κ2) is 9.23. The lowest BCUT2D eigenvalue weighted by Crippen LogP contribution is -1.91. The smallest absolute Gasteiger partial charge is 0.271 e. The largest absolute Gasteiger partial charge is 0.492 e. The van der Waals surface area contributed by atoms with E-state index in [1.54, 1.807) is 12.4 Å². The summed E-state index contributed by atoms with van der Waals surface area (Å²) in [6, 6.07) is 14.8. The predicted octanol–water partition coefficient (Wildman–Crippen LogP) is 5.64. The maximum atomic E-state index is 5.54. The Hall–Kier alpha value is -3.55. The molecule has 0 saturated carbocycles. The Balaban J connectivity index is 1.81. The minimum absolute atomic E-state index is 0.305. The molecule has 0 saturated heterocycles. The number of nitrogens with zero attached hydrogens (tertiary/aromatic N) is 6. The first-order chi connectivity index (χ1) is 13.3. The molecular weight excluding hydrogens is 344 g/mol. The van der Waals surface area contributed by atoms with Crippen molar-refractivity contribution < 1.29 is 9.47 Å². The number of ether oxygens (including phenoxy) is 2. The van der Waals surface area contributed by atoms with Crippen LogP contribution in [-0.4, -0.2) is 22.9 Å². The summed E-state index contributed by atoms with van der Waals surface area (Å²) in [5.41, 5.74) is 1.24. The molecule has 0 aliphatic carbocycles. The van der Waals surface area contributed by atoms with Gasteiger partial charge in [0.2, 0.25) is 0 Å². The monoisotopic (exact) mass is 364 g/mol. The molecule has 0 N–H and O–H groups in total. The van der Waals surface area contributed by atoms with Crippen LogP contribution < -0.4 is 9.47 Å². The van der Waals surface area contributed by atoms with Crippen molar-refractivity contribution in [1.29, 1.82) is 0 Å². The maximum Gasteiger partial charge on any atom is 0.271 e. The van der Waals surface area contributed by atoms with Gasteiger partial charge in [-0.15, -0.1) is 15.3 Å². The molecule has 138 valence electrons. The Morgan fingerprint density at radius 1 is 0.815 bits per heavy atom. The number of hydrogen-bond acceptors (Lipinski definition) is 7. The molecule has 2 aromatic carbocycles. The highest BCUT2D eigenvalue weighted by Crippen LogP contribution is 2.29. The van der Waals surface area contributed by atoms with Crippen LogP contribution in [0.4, 0.5) is 17.3 Å². The lowest BCUT2D eigenvalue weighted by Gasteiger charge is -2.05. The van der Waals surface area contributed by atoms with Crippen molar-refractivity contribution in [2.75, 3.05) is 13.2 Å². The number of azo groups is 1. The minimum Gasteiger partial charge on any atom is -0.492 e. The molecular formula is C19H20N6O2. The molecule has 8 heteroatoms. The van der Waals surface area contributed by atoms with Crippen LogP contribution >= 0.6 is 0 Å². The van der Waals surface area contributed by atoms with Crippen LogP contribution in [0.1, 0.15) is 13.8 Å². The highest BCUT2D eigenvalue weighted by atomic mass is 16.5. The normalized spacial score (nSPS) is 11.3. The zero-order chi connectivity index (χ0) is 18.9. The number of rotatable bonds is 8. The zero-order valence-corrected chi connectivity index (χ0v) is 15.2. The van der Waals surface area contributed by atoms with E-state index in [0.29, 0.717) is 42.0 Å². The van der Waals surface area contributed by atoms with Crippen LogP contribution in [-0.2, 0) is 0 Å². The van der Waals surface area contributed by atoms with Crippen molar-refractivity contribution in [3.8, 4) is 11.5 Å². The first kappa shape index (κ1) is 18.2. The van der Waals surface area contributed by atoms with Crippen LogP contribution in [0, 0.1) is 0 Å². The molecule has 0 aliphatic rings. The molecule has 0 unspecified atom stereocenters. The molecule has 0 aliphatic heterocycles. The average molecular weight is 364 g/mol. The quantitative estimate of drug-likeness (QED) is 0.484. The Morgan fingerprint density at radius 2 is 1.41 bits per heavy atom. The fraction of sp³-hybridized carbons (Fsp3) is 0.211. The number of hydrogen-bond donors (Lipinski definition) is 0. The van der Waals surface area contributed by atoms with Crippen molar-refractivity contribution in [3.05, 3.63) is 60.9 Å². The van der Waals surface area contributed by atoms with Gasteiger partial charge in [-0.1, -0.05) is 29.5 Å². The summed E-state index contributed by atoms with van der Waals surface area (Å²) in [5, 5.41) is 16.8. The molecule has 1 heterocycles.